The standard InChI is InChI=1S/C20H20ClN3/c1-14-7-6-8-15(13-14)19-16-9-4-5-12-22-20(16)24(23-19)18-11-3-2-10-17(18)21/h2-3,6-8,10-11,13,22H,4-5,9,12H2,1H3. The molecule has 1 N–H and O–H groups in total. The highest BCUT2D eigenvalue weighted by Gasteiger charge is 2.22. The summed E-state index contributed by atoms with van der Waals surface area (Å²) in [4.78, 5) is 0. The van der Waals surface area contributed by atoms with Crippen molar-refractivity contribution in [2.24, 2.45) is 0 Å². The Morgan fingerprint density at radius 2 is 1.96 bits per heavy atom. The van der Waals surface area contributed by atoms with Gasteiger partial charge in [0.15, 0.2) is 0 Å². The van der Waals surface area contributed by atoms with E-state index in [9.17, 15) is 0 Å². The maximum atomic E-state index is 6.43. The molecule has 0 unspecified atom stereocenters. The molecule has 0 saturated carbocycles. The zero-order valence-electron chi connectivity index (χ0n) is 13.7. The fraction of sp³-hybridized carbons (Fsp3) is 0.250. The number of hydrogen-bond acceptors (Lipinski definition) is 2. The van der Waals surface area contributed by atoms with Crippen LogP contribution in [-0.4, -0.2) is 16.3 Å². The molecular weight excluding hydrogens is 318 g/mol. The van der Waals surface area contributed by atoms with Crippen LogP contribution in [0.1, 0.15) is 24.0 Å². The van der Waals surface area contributed by atoms with Crippen LogP contribution in [0, 0.1) is 6.92 Å². The van der Waals surface area contributed by atoms with E-state index >= 15 is 0 Å². The van der Waals surface area contributed by atoms with E-state index in [0.29, 0.717) is 5.02 Å². The van der Waals surface area contributed by atoms with Crippen molar-refractivity contribution >= 4 is 17.4 Å². The van der Waals surface area contributed by atoms with Gasteiger partial charge in [-0.2, -0.15) is 5.10 Å². The molecule has 0 aliphatic carbocycles. The summed E-state index contributed by atoms with van der Waals surface area (Å²) < 4.78 is 1.97. The third-order valence-electron chi connectivity index (χ3n) is 4.50. The molecule has 0 spiro atoms. The largest absolute Gasteiger partial charge is 0.370 e. The number of hydrogen-bond donors (Lipinski definition) is 1. The van der Waals surface area contributed by atoms with Gasteiger partial charge in [-0.1, -0.05) is 47.5 Å². The van der Waals surface area contributed by atoms with Crippen molar-refractivity contribution in [3.8, 4) is 16.9 Å². The first-order chi connectivity index (χ1) is 11.7. The Balaban J connectivity index is 1.94. The molecule has 0 saturated heterocycles. The number of fused-ring (bicyclic) bond motifs is 1. The Morgan fingerprint density at radius 1 is 1.08 bits per heavy atom. The fourth-order valence-electron chi connectivity index (χ4n) is 3.32. The number of aromatic nitrogens is 2. The summed E-state index contributed by atoms with van der Waals surface area (Å²) in [7, 11) is 0. The Kier molecular flexibility index (Phi) is 4.03. The molecule has 0 fully saturated rings. The molecule has 0 bridgehead atoms. The minimum atomic E-state index is 0.713. The number of para-hydroxylation sites is 1. The number of benzene rings is 2. The molecule has 3 nitrogen and oxygen atoms in total. The van der Waals surface area contributed by atoms with Crippen molar-refractivity contribution in [1.82, 2.24) is 9.78 Å². The van der Waals surface area contributed by atoms with Gasteiger partial charge in [0.1, 0.15) is 5.82 Å². The summed E-state index contributed by atoms with van der Waals surface area (Å²) in [6.07, 6.45) is 3.38. The van der Waals surface area contributed by atoms with Crippen LogP contribution < -0.4 is 5.32 Å². The van der Waals surface area contributed by atoms with Crippen LogP contribution in [0.15, 0.2) is 48.5 Å². The number of nitrogens with zero attached hydrogens (tertiary/aromatic N) is 2. The molecule has 4 rings (SSSR count). The Bertz CT molecular complexity index is 882. The smallest absolute Gasteiger partial charge is 0.133 e. The van der Waals surface area contributed by atoms with Crippen molar-refractivity contribution in [2.75, 3.05) is 11.9 Å². The third kappa shape index (κ3) is 2.69. The van der Waals surface area contributed by atoms with Crippen molar-refractivity contribution in [3.05, 3.63) is 64.7 Å². The van der Waals surface area contributed by atoms with Crippen LogP contribution in [0.5, 0.6) is 0 Å². The highest BCUT2D eigenvalue weighted by molar-refractivity contribution is 6.32. The Labute approximate surface area is 147 Å². The van der Waals surface area contributed by atoms with E-state index in [1.807, 2.05) is 28.9 Å². The van der Waals surface area contributed by atoms with E-state index in [0.717, 1.165) is 30.2 Å². The summed E-state index contributed by atoms with van der Waals surface area (Å²) >= 11 is 6.43. The van der Waals surface area contributed by atoms with Crippen LogP contribution in [0.25, 0.3) is 16.9 Å². The lowest BCUT2D eigenvalue weighted by Gasteiger charge is -2.10. The van der Waals surface area contributed by atoms with Gasteiger partial charge in [0, 0.05) is 17.7 Å². The highest BCUT2D eigenvalue weighted by atomic mass is 35.5. The van der Waals surface area contributed by atoms with Crippen LogP contribution in [0.3, 0.4) is 0 Å². The number of aryl methyl sites for hydroxylation is 1. The molecule has 3 aromatic rings. The molecule has 2 heterocycles. The summed E-state index contributed by atoms with van der Waals surface area (Å²) in [6.45, 7) is 3.09. The van der Waals surface area contributed by atoms with E-state index in [1.165, 1.54) is 29.5 Å². The SMILES string of the molecule is Cc1cccc(-c2nn(-c3ccccc3Cl)c3c2CCCCN3)c1. The average Bonchev–Trinajstić information content (AvgIpc) is 2.77. The number of rotatable bonds is 2. The predicted octanol–water partition coefficient (Wildman–Crippen LogP) is 5.25. The van der Waals surface area contributed by atoms with Crippen molar-refractivity contribution in [2.45, 2.75) is 26.2 Å². The molecule has 1 aromatic heterocycles. The van der Waals surface area contributed by atoms with Gasteiger partial charge in [0.2, 0.25) is 0 Å². The van der Waals surface area contributed by atoms with Crippen LogP contribution >= 0.6 is 11.6 Å². The van der Waals surface area contributed by atoms with Gasteiger partial charge in [-0.05, 0) is 44.4 Å². The van der Waals surface area contributed by atoms with Crippen molar-refractivity contribution < 1.29 is 0 Å². The lowest BCUT2D eigenvalue weighted by Crippen LogP contribution is -2.07. The summed E-state index contributed by atoms with van der Waals surface area (Å²) in [5.74, 6) is 1.08. The van der Waals surface area contributed by atoms with Crippen LogP contribution in [0.4, 0.5) is 5.82 Å². The predicted molar refractivity (Wildman–Crippen MR) is 100 cm³/mol. The maximum absolute atomic E-state index is 6.43. The molecule has 4 heteroatoms. The zero-order chi connectivity index (χ0) is 16.5. The first-order valence-electron chi connectivity index (χ1n) is 8.42. The minimum Gasteiger partial charge on any atom is -0.370 e. The first kappa shape index (κ1) is 15.3. The molecule has 2 aromatic carbocycles. The second-order valence-corrected chi connectivity index (χ2v) is 6.70. The van der Waals surface area contributed by atoms with E-state index in [4.69, 9.17) is 16.7 Å². The van der Waals surface area contributed by atoms with Gasteiger partial charge < -0.3 is 5.32 Å². The number of halogens is 1. The second kappa shape index (κ2) is 6.33. The summed E-state index contributed by atoms with van der Waals surface area (Å²) in [5, 5.41) is 9.22. The van der Waals surface area contributed by atoms with E-state index in [1.54, 1.807) is 0 Å². The lowest BCUT2D eigenvalue weighted by molar-refractivity contribution is 0.780. The van der Waals surface area contributed by atoms with E-state index < -0.39 is 0 Å². The third-order valence-corrected chi connectivity index (χ3v) is 4.82. The molecule has 24 heavy (non-hydrogen) atoms. The molecule has 1 aliphatic heterocycles. The average molecular weight is 338 g/mol. The molecule has 0 radical (unpaired) electrons. The normalized spacial score (nSPS) is 13.9. The molecular formula is C20H20ClN3. The Hall–Kier alpha value is -2.26. The number of anilines is 1. The Morgan fingerprint density at radius 3 is 2.79 bits per heavy atom. The quantitative estimate of drug-likeness (QED) is 0.692. The zero-order valence-corrected chi connectivity index (χ0v) is 14.5. The summed E-state index contributed by atoms with van der Waals surface area (Å²) in [6, 6.07) is 16.4. The van der Waals surface area contributed by atoms with Crippen molar-refractivity contribution in [3.63, 3.8) is 0 Å². The molecule has 0 atom stereocenters. The summed E-state index contributed by atoms with van der Waals surface area (Å²) in [5.41, 5.74) is 5.68. The molecule has 0 amide bonds. The molecule has 122 valence electrons. The van der Waals surface area contributed by atoms with Gasteiger partial charge >= 0.3 is 0 Å². The lowest BCUT2D eigenvalue weighted by atomic mass is 10.0. The van der Waals surface area contributed by atoms with Gasteiger partial charge in [-0.25, -0.2) is 4.68 Å². The second-order valence-electron chi connectivity index (χ2n) is 6.29. The molecule has 1 aliphatic rings. The first-order valence-corrected chi connectivity index (χ1v) is 8.79. The monoisotopic (exact) mass is 337 g/mol. The van der Waals surface area contributed by atoms with Crippen molar-refractivity contribution in [1.29, 1.82) is 0 Å². The number of nitrogens with one attached hydrogen (secondary N) is 1. The maximum Gasteiger partial charge on any atom is 0.133 e. The minimum absolute atomic E-state index is 0.713. The van der Waals surface area contributed by atoms with Crippen LogP contribution in [-0.2, 0) is 6.42 Å². The van der Waals surface area contributed by atoms with Gasteiger partial charge in [-0.3, -0.25) is 0 Å². The van der Waals surface area contributed by atoms with Gasteiger partial charge in [0.25, 0.3) is 0 Å². The van der Waals surface area contributed by atoms with E-state index in [-0.39, 0.29) is 0 Å². The van der Waals surface area contributed by atoms with Gasteiger partial charge in [-0.15, -0.1) is 0 Å². The van der Waals surface area contributed by atoms with E-state index in [2.05, 4.69) is 36.5 Å². The topological polar surface area (TPSA) is 29.9 Å². The highest BCUT2D eigenvalue weighted by Crippen LogP contribution is 2.35. The van der Waals surface area contributed by atoms with Crippen LogP contribution in [0.2, 0.25) is 5.02 Å². The van der Waals surface area contributed by atoms with Gasteiger partial charge in [0.05, 0.1) is 16.4 Å². The fourth-order valence-corrected chi connectivity index (χ4v) is 3.54.